The van der Waals surface area contributed by atoms with Crippen molar-refractivity contribution in [2.24, 2.45) is 5.73 Å². The number of amides is 2. The maximum absolute atomic E-state index is 12.9. The average Bonchev–Trinajstić information content (AvgIpc) is 2.86. The fourth-order valence-corrected chi connectivity index (χ4v) is 5.52. The zero-order valence-electron chi connectivity index (χ0n) is 19.4. The molecule has 1 saturated heterocycles. The fourth-order valence-electron chi connectivity index (χ4n) is 4.90. The summed E-state index contributed by atoms with van der Waals surface area (Å²) in [5.74, 6) is -0.384. The lowest BCUT2D eigenvalue weighted by Crippen LogP contribution is -2.51. The highest BCUT2D eigenvalue weighted by atomic mass is 32.2. The Morgan fingerprint density at radius 2 is 1.67 bits per heavy atom. The number of nitrogens with zero attached hydrogens (tertiary/aromatic N) is 3. The van der Waals surface area contributed by atoms with Crippen molar-refractivity contribution < 1.29 is 9.59 Å². The Morgan fingerprint density at radius 3 is 2.39 bits per heavy atom. The number of carbonyl (C=O) groups is 2. The summed E-state index contributed by atoms with van der Waals surface area (Å²) in [5.41, 5.74) is 9.20. The van der Waals surface area contributed by atoms with E-state index in [-0.39, 0.29) is 5.91 Å². The smallest absolute Gasteiger partial charge is 0.240 e. The molecule has 4 rings (SSSR count). The standard InChI is InChI=1S/C26H34N4O2S/c1-33-24-11-5-4-10-22(24)29-16-14-28(15-17-29)13-7-6-12-25(31)30-19-21-9-3-2-8-20(21)18-23(30)26(27)32/h2-5,8-11,23H,6-7,12-19H2,1H3,(H2,27,32)/t23-/m0/s1. The van der Waals surface area contributed by atoms with Crippen LogP contribution in [0.25, 0.3) is 0 Å². The van der Waals surface area contributed by atoms with Gasteiger partial charge < -0.3 is 15.5 Å². The maximum Gasteiger partial charge on any atom is 0.240 e. The molecule has 176 valence electrons. The molecule has 1 atom stereocenters. The van der Waals surface area contributed by atoms with Crippen LogP contribution in [0.4, 0.5) is 5.69 Å². The summed E-state index contributed by atoms with van der Waals surface area (Å²) in [4.78, 5) is 32.9. The molecule has 2 N–H and O–H groups in total. The van der Waals surface area contributed by atoms with Crippen molar-refractivity contribution in [1.29, 1.82) is 0 Å². The lowest BCUT2D eigenvalue weighted by molar-refractivity contribution is -0.140. The van der Waals surface area contributed by atoms with Crippen LogP contribution in [0, 0.1) is 0 Å². The number of benzene rings is 2. The Labute approximate surface area is 201 Å². The molecule has 7 heteroatoms. The number of nitrogens with two attached hydrogens (primary N) is 1. The van der Waals surface area contributed by atoms with Crippen LogP contribution in [0.2, 0.25) is 0 Å². The number of fused-ring (bicyclic) bond motifs is 1. The van der Waals surface area contributed by atoms with Crippen molar-refractivity contribution in [3.05, 3.63) is 59.7 Å². The third-order valence-electron chi connectivity index (χ3n) is 6.81. The minimum atomic E-state index is -0.537. The molecule has 2 aliphatic rings. The Bertz CT molecular complexity index is 974. The molecule has 0 spiro atoms. The Morgan fingerprint density at radius 1 is 0.970 bits per heavy atom. The fraction of sp³-hybridized carbons (Fsp3) is 0.462. The predicted octanol–water partition coefficient (Wildman–Crippen LogP) is 3.14. The van der Waals surface area contributed by atoms with E-state index in [1.807, 2.05) is 24.3 Å². The van der Waals surface area contributed by atoms with Crippen molar-refractivity contribution >= 4 is 29.3 Å². The van der Waals surface area contributed by atoms with E-state index in [9.17, 15) is 9.59 Å². The largest absolute Gasteiger partial charge is 0.368 e. The number of carbonyl (C=O) groups excluding carboxylic acids is 2. The molecular weight excluding hydrogens is 432 g/mol. The SMILES string of the molecule is CSc1ccccc1N1CCN(CCCCC(=O)N2Cc3ccccc3C[C@H]2C(N)=O)CC1. The van der Waals surface area contributed by atoms with Crippen LogP contribution in [0.5, 0.6) is 0 Å². The van der Waals surface area contributed by atoms with Crippen molar-refractivity contribution in [3.8, 4) is 0 Å². The Kier molecular flexibility index (Phi) is 7.93. The highest BCUT2D eigenvalue weighted by molar-refractivity contribution is 7.98. The third-order valence-corrected chi connectivity index (χ3v) is 7.60. The second-order valence-corrected chi connectivity index (χ2v) is 9.72. The van der Waals surface area contributed by atoms with E-state index >= 15 is 0 Å². The molecule has 0 saturated carbocycles. The second-order valence-electron chi connectivity index (χ2n) is 8.87. The molecule has 2 aromatic carbocycles. The monoisotopic (exact) mass is 466 g/mol. The first-order chi connectivity index (χ1) is 16.1. The van der Waals surface area contributed by atoms with Crippen LogP contribution in [-0.4, -0.2) is 66.6 Å². The Hall–Kier alpha value is -2.51. The zero-order valence-corrected chi connectivity index (χ0v) is 20.2. The first-order valence-electron chi connectivity index (χ1n) is 11.8. The quantitative estimate of drug-likeness (QED) is 0.478. The molecule has 0 aromatic heterocycles. The summed E-state index contributed by atoms with van der Waals surface area (Å²) in [7, 11) is 0. The van der Waals surface area contributed by atoms with Crippen LogP contribution >= 0.6 is 11.8 Å². The van der Waals surface area contributed by atoms with Gasteiger partial charge in [-0.3, -0.25) is 14.5 Å². The lowest BCUT2D eigenvalue weighted by atomic mass is 9.93. The van der Waals surface area contributed by atoms with Gasteiger partial charge in [0.05, 0.1) is 5.69 Å². The number of unbranched alkanes of at least 4 members (excludes halogenated alkanes) is 1. The molecule has 2 heterocycles. The summed E-state index contributed by atoms with van der Waals surface area (Å²) in [5, 5.41) is 0. The molecule has 6 nitrogen and oxygen atoms in total. The van der Waals surface area contributed by atoms with Crippen molar-refractivity contribution in [1.82, 2.24) is 9.80 Å². The molecular formula is C26H34N4O2S. The minimum absolute atomic E-state index is 0.0341. The summed E-state index contributed by atoms with van der Waals surface area (Å²) in [6.45, 7) is 5.63. The number of thioether (sulfide) groups is 1. The molecule has 0 unspecified atom stereocenters. The highest BCUT2D eigenvalue weighted by Crippen LogP contribution is 2.29. The van der Waals surface area contributed by atoms with E-state index in [4.69, 9.17) is 5.73 Å². The van der Waals surface area contributed by atoms with Crippen LogP contribution in [0.15, 0.2) is 53.4 Å². The number of primary amides is 1. The van der Waals surface area contributed by atoms with Gasteiger partial charge in [0.15, 0.2) is 0 Å². The summed E-state index contributed by atoms with van der Waals surface area (Å²) in [6.07, 6.45) is 4.93. The summed E-state index contributed by atoms with van der Waals surface area (Å²) >= 11 is 1.80. The second kappa shape index (κ2) is 11.1. The van der Waals surface area contributed by atoms with Gasteiger partial charge in [0.25, 0.3) is 0 Å². The van der Waals surface area contributed by atoms with Crippen LogP contribution < -0.4 is 10.6 Å². The van der Waals surface area contributed by atoms with E-state index in [2.05, 4.69) is 40.3 Å². The predicted molar refractivity (Wildman–Crippen MR) is 134 cm³/mol. The van der Waals surface area contributed by atoms with Gasteiger partial charge in [0.2, 0.25) is 11.8 Å². The number of para-hydroxylation sites is 1. The van der Waals surface area contributed by atoms with E-state index in [1.165, 1.54) is 10.6 Å². The lowest BCUT2D eigenvalue weighted by Gasteiger charge is -2.37. The summed E-state index contributed by atoms with van der Waals surface area (Å²) < 4.78 is 0. The molecule has 1 fully saturated rings. The van der Waals surface area contributed by atoms with Gasteiger partial charge in [-0.1, -0.05) is 36.4 Å². The molecule has 0 bridgehead atoms. The first-order valence-corrected chi connectivity index (χ1v) is 13.0. The molecule has 0 radical (unpaired) electrons. The van der Waals surface area contributed by atoms with Crippen molar-refractivity contribution in [3.63, 3.8) is 0 Å². The maximum atomic E-state index is 12.9. The highest BCUT2D eigenvalue weighted by Gasteiger charge is 2.32. The van der Waals surface area contributed by atoms with Gasteiger partial charge in [0, 0.05) is 50.5 Å². The number of rotatable bonds is 8. The van der Waals surface area contributed by atoms with Gasteiger partial charge >= 0.3 is 0 Å². The molecule has 0 aliphatic carbocycles. The average molecular weight is 467 g/mol. The number of piperazine rings is 1. The van der Waals surface area contributed by atoms with Gasteiger partial charge in [-0.15, -0.1) is 11.8 Å². The first kappa shape index (κ1) is 23.6. The number of hydrogen-bond acceptors (Lipinski definition) is 5. The minimum Gasteiger partial charge on any atom is -0.368 e. The van der Waals surface area contributed by atoms with Gasteiger partial charge in [-0.25, -0.2) is 0 Å². The van der Waals surface area contributed by atoms with Gasteiger partial charge in [-0.05, 0) is 48.9 Å². The topological polar surface area (TPSA) is 69.9 Å². The zero-order chi connectivity index (χ0) is 23.2. The van der Waals surface area contributed by atoms with E-state index in [0.717, 1.165) is 56.7 Å². The van der Waals surface area contributed by atoms with Crippen molar-refractivity contribution in [2.75, 3.05) is 43.9 Å². The summed E-state index contributed by atoms with van der Waals surface area (Å²) in [6, 6.07) is 16.1. The normalized spacial score (nSPS) is 18.8. The van der Waals surface area contributed by atoms with E-state index in [0.29, 0.717) is 19.4 Å². The Balaban J connectivity index is 1.22. The molecule has 2 aromatic rings. The van der Waals surface area contributed by atoms with E-state index in [1.54, 1.807) is 16.7 Å². The van der Waals surface area contributed by atoms with Gasteiger partial charge in [-0.2, -0.15) is 0 Å². The third kappa shape index (κ3) is 5.71. The van der Waals surface area contributed by atoms with Gasteiger partial charge in [0.1, 0.15) is 6.04 Å². The van der Waals surface area contributed by atoms with Crippen LogP contribution in [0.1, 0.15) is 30.4 Å². The molecule has 2 aliphatic heterocycles. The van der Waals surface area contributed by atoms with Crippen molar-refractivity contribution in [2.45, 2.75) is 43.2 Å². The molecule has 2 amide bonds. The number of hydrogen-bond donors (Lipinski definition) is 1. The molecule has 33 heavy (non-hydrogen) atoms. The van der Waals surface area contributed by atoms with Crippen LogP contribution in [0.3, 0.4) is 0 Å². The van der Waals surface area contributed by atoms with Crippen LogP contribution in [-0.2, 0) is 22.6 Å². The van der Waals surface area contributed by atoms with E-state index < -0.39 is 11.9 Å². The number of anilines is 1.